The number of hydrogen-bond acceptors (Lipinski definition) is 3. The van der Waals surface area contributed by atoms with Crippen LogP contribution in [0.3, 0.4) is 0 Å². The van der Waals surface area contributed by atoms with Crippen molar-refractivity contribution in [3.63, 3.8) is 0 Å². The predicted molar refractivity (Wildman–Crippen MR) is 66.8 cm³/mol. The molecule has 2 rings (SSSR count). The lowest BCUT2D eigenvalue weighted by Crippen LogP contribution is -2.07. The Labute approximate surface area is 117 Å². The van der Waals surface area contributed by atoms with Crippen LogP contribution in [0.5, 0.6) is 5.88 Å². The fourth-order valence-electron chi connectivity index (χ4n) is 1.93. The predicted octanol–water partition coefficient (Wildman–Crippen LogP) is 2.91. The van der Waals surface area contributed by atoms with Gasteiger partial charge in [-0.1, -0.05) is 6.07 Å². The second kappa shape index (κ2) is 5.12. The van der Waals surface area contributed by atoms with Crippen LogP contribution >= 0.6 is 0 Å². The Kier molecular flexibility index (Phi) is 3.63. The zero-order chi connectivity index (χ0) is 15.8. The van der Waals surface area contributed by atoms with Crippen molar-refractivity contribution in [2.24, 2.45) is 0 Å². The van der Waals surface area contributed by atoms with Crippen molar-refractivity contribution >= 4 is 5.97 Å². The molecule has 5 nitrogen and oxygen atoms in total. The van der Waals surface area contributed by atoms with E-state index in [0.717, 1.165) is 16.8 Å². The zero-order valence-electron chi connectivity index (χ0n) is 11.1. The van der Waals surface area contributed by atoms with Crippen LogP contribution in [-0.2, 0) is 6.18 Å². The van der Waals surface area contributed by atoms with E-state index in [0.29, 0.717) is 0 Å². The van der Waals surface area contributed by atoms with Crippen molar-refractivity contribution in [2.45, 2.75) is 13.1 Å². The highest BCUT2D eigenvalue weighted by molar-refractivity contribution is 5.91. The fraction of sp³-hybridized carbons (Fsp3) is 0.231. The molecule has 0 unspecified atom stereocenters. The lowest BCUT2D eigenvalue weighted by atomic mass is 10.2. The van der Waals surface area contributed by atoms with E-state index in [2.05, 4.69) is 5.10 Å². The van der Waals surface area contributed by atoms with Crippen molar-refractivity contribution in [3.05, 3.63) is 41.1 Å². The van der Waals surface area contributed by atoms with Crippen LogP contribution in [-0.4, -0.2) is 28.0 Å². The third-order valence-electron chi connectivity index (χ3n) is 2.84. The molecule has 0 spiro atoms. The Hall–Kier alpha value is -2.51. The molecule has 0 amide bonds. The average molecular weight is 300 g/mol. The number of rotatable bonds is 3. The van der Waals surface area contributed by atoms with Gasteiger partial charge in [0.25, 0.3) is 0 Å². The highest BCUT2D eigenvalue weighted by Crippen LogP contribution is 2.32. The Morgan fingerprint density at radius 2 is 2.05 bits per heavy atom. The molecule has 0 aliphatic rings. The molecule has 21 heavy (non-hydrogen) atoms. The molecule has 1 heterocycles. The molecule has 112 valence electrons. The highest BCUT2D eigenvalue weighted by Gasteiger charge is 2.31. The summed E-state index contributed by atoms with van der Waals surface area (Å²) in [5.74, 6) is -1.39. The van der Waals surface area contributed by atoms with Gasteiger partial charge in [0.15, 0.2) is 0 Å². The minimum absolute atomic E-state index is 0.0669. The molecule has 0 atom stereocenters. The first kappa shape index (κ1) is 14.9. The minimum Gasteiger partial charge on any atom is -0.480 e. The summed E-state index contributed by atoms with van der Waals surface area (Å²) in [6.45, 7) is 1.44. The van der Waals surface area contributed by atoms with Crippen LogP contribution in [0.25, 0.3) is 5.69 Å². The van der Waals surface area contributed by atoms with Crippen LogP contribution in [0.4, 0.5) is 13.2 Å². The van der Waals surface area contributed by atoms with E-state index in [1.165, 1.54) is 26.2 Å². The van der Waals surface area contributed by atoms with Crippen LogP contribution in [0.1, 0.15) is 21.6 Å². The SMILES string of the molecule is COc1c(C(=O)O)c(C)nn1-c1cccc(C(F)(F)F)c1. The summed E-state index contributed by atoms with van der Waals surface area (Å²) in [4.78, 5) is 11.2. The molecule has 0 saturated carbocycles. The first-order chi connectivity index (χ1) is 9.75. The van der Waals surface area contributed by atoms with Crippen LogP contribution in [0.2, 0.25) is 0 Å². The number of halogens is 3. The second-order valence-corrected chi connectivity index (χ2v) is 4.23. The lowest BCUT2D eigenvalue weighted by molar-refractivity contribution is -0.137. The molecule has 0 aliphatic heterocycles. The van der Waals surface area contributed by atoms with E-state index in [4.69, 9.17) is 9.84 Å². The quantitative estimate of drug-likeness (QED) is 0.946. The van der Waals surface area contributed by atoms with Gasteiger partial charge in [-0.3, -0.25) is 0 Å². The van der Waals surface area contributed by atoms with E-state index >= 15 is 0 Å². The molecule has 0 aliphatic carbocycles. The van der Waals surface area contributed by atoms with Gasteiger partial charge in [0.2, 0.25) is 5.88 Å². The number of nitrogens with zero attached hydrogens (tertiary/aromatic N) is 2. The lowest BCUT2D eigenvalue weighted by Gasteiger charge is -2.10. The Bertz CT molecular complexity index is 692. The van der Waals surface area contributed by atoms with E-state index in [9.17, 15) is 18.0 Å². The Morgan fingerprint density at radius 3 is 2.57 bits per heavy atom. The summed E-state index contributed by atoms with van der Waals surface area (Å²) >= 11 is 0. The van der Waals surface area contributed by atoms with Crippen molar-refractivity contribution in [2.75, 3.05) is 7.11 Å². The molecule has 0 fully saturated rings. The number of aromatic nitrogens is 2. The average Bonchev–Trinajstić information content (AvgIpc) is 2.74. The molecule has 0 saturated heterocycles. The van der Waals surface area contributed by atoms with Gasteiger partial charge in [-0.15, -0.1) is 0 Å². The summed E-state index contributed by atoms with van der Waals surface area (Å²) in [5.41, 5.74) is -0.823. The van der Waals surface area contributed by atoms with Crippen LogP contribution in [0, 0.1) is 6.92 Å². The molecule has 0 radical (unpaired) electrons. The van der Waals surface area contributed by atoms with Gasteiger partial charge >= 0.3 is 12.1 Å². The summed E-state index contributed by atoms with van der Waals surface area (Å²) in [7, 11) is 1.23. The minimum atomic E-state index is -4.50. The number of carbonyl (C=O) groups is 1. The number of aromatic carboxylic acids is 1. The molecule has 1 N–H and O–H groups in total. The summed E-state index contributed by atoms with van der Waals surface area (Å²) in [6, 6.07) is 4.40. The fourth-order valence-corrected chi connectivity index (χ4v) is 1.93. The van der Waals surface area contributed by atoms with Crippen LogP contribution in [0.15, 0.2) is 24.3 Å². The first-order valence-electron chi connectivity index (χ1n) is 5.80. The van der Waals surface area contributed by atoms with Gasteiger partial charge in [0.05, 0.1) is 24.1 Å². The van der Waals surface area contributed by atoms with Crippen molar-refractivity contribution in [3.8, 4) is 11.6 Å². The van der Waals surface area contributed by atoms with Gasteiger partial charge in [0, 0.05) is 0 Å². The maximum absolute atomic E-state index is 12.7. The number of methoxy groups -OCH3 is 1. The first-order valence-corrected chi connectivity index (χ1v) is 5.80. The van der Waals surface area contributed by atoms with Crippen molar-refractivity contribution in [1.29, 1.82) is 0 Å². The van der Waals surface area contributed by atoms with E-state index in [1.807, 2.05) is 0 Å². The molecular formula is C13H11F3N2O3. The van der Waals surface area contributed by atoms with Gasteiger partial charge in [-0.2, -0.15) is 18.3 Å². The highest BCUT2D eigenvalue weighted by atomic mass is 19.4. The Balaban J connectivity index is 2.63. The molecule has 1 aromatic heterocycles. The monoisotopic (exact) mass is 300 g/mol. The van der Waals surface area contributed by atoms with E-state index < -0.39 is 17.7 Å². The van der Waals surface area contributed by atoms with Gasteiger partial charge in [-0.25, -0.2) is 9.48 Å². The van der Waals surface area contributed by atoms with E-state index in [-0.39, 0.29) is 22.8 Å². The number of carboxylic acids is 1. The van der Waals surface area contributed by atoms with Gasteiger partial charge in [-0.05, 0) is 25.1 Å². The Morgan fingerprint density at radius 1 is 1.38 bits per heavy atom. The zero-order valence-corrected chi connectivity index (χ0v) is 11.1. The normalized spacial score (nSPS) is 11.5. The molecule has 1 aromatic carbocycles. The summed E-state index contributed by atoms with van der Waals surface area (Å²) in [6.07, 6.45) is -4.50. The third kappa shape index (κ3) is 2.69. The topological polar surface area (TPSA) is 64.3 Å². The second-order valence-electron chi connectivity index (χ2n) is 4.23. The third-order valence-corrected chi connectivity index (χ3v) is 2.84. The standard InChI is InChI=1S/C13H11F3N2O3/c1-7-10(12(19)20)11(21-2)18(17-7)9-5-3-4-8(6-9)13(14,15)16/h3-6H,1-2H3,(H,19,20). The summed E-state index contributed by atoms with van der Waals surface area (Å²) in [5, 5.41) is 13.0. The summed E-state index contributed by atoms with van der Waals surface area (Å²) < 4.78 is 44.2. The molecule has 8 heteroatoms. The number of aryl methyl sites for hydroxylation is 1. The van der Waals surface area contributed by atoms with Crippen molar-refractivity contribution in [1.82, 2.24) is 9.78 Å². The molecule has 2 aromatic rings. The van der Waals surface area contributed by atoms with Gasteiger partial charge in [0.1, 0.15) is 5.56 Å². The number of ether oxygens (including phenoxy) is 1. The largest absolute Gasteiger partial charge is 0.480 e. The number of hydrogen-bond donors (Lipinski definition) is 1. The van der Waals surface area contributed by atoms with Crippen LogP contribution < -0.4 is 4.74 Å². The number of alkyl halides is 3. The molecule has 0 bridgehead atoms. The van der Waals surface area contributed by atoms with Crippen molar-refractivity contribution < 1.29 is 27.8 Å². The maximum Gasteiger partial charge on any atom is 0.416 e. The number of carboxylic acid groups (broad SMARTS) is 1. The molecular weight excluding hydrogens is 289 g/mol. The van der Waals surface area contributed by atoms with Gasteiger partial charge < -0.3 is 9.84 Å². The number of benzene rings is 1. The smallest absolute Gasteiger partial charge is 0.416 e. The maximum atomic E-state index is 12.7. The van der Waals surface area contributed by atoms with E-state index in [1.54, 1.807) is 0 Å².